The van der Waals surface area contributed by atoms with Crippen LogP contribution in [0.5, 0.6) is 0 Å². The van der Waals surface area contributed by atoms with Crippen LogP contribution in [0.15, 0.2) is 0 Å². The lowest BCUT2D eigenvalue weighted by Crippen LogP contribution is -2.39. The van der Waals surface area contributed by atoms with Crippen molar-refractivity contribution < 1.29 is 8.42 Å². The maximum atomic E-state index is 12.1. The molecule has 0 amide bonds. The predicted molar refractivity (Wildman–Crippen MR) is 64.7 cm³/mol. The highest BCUT2D eigenvalue weighted by molar-refractivity contribution is 7.89. The zero-order chi connectivity index (χ0) is 11.6. The fourth-order valence-electron chi connectivity index (χ4n) is 2.27. The largest absolute Gasteiger partial charge is 0.316 e. The molecular formula is C11H22N2O2S. The smallest absolute Gasteiger partial charge is 0.214 e. The van der Waals surface area contributed by atoms with Gasteiger partial charge >= 0.3 is 0 Å². The molecule has 94 valence electrons. The summed E-state index contributed by atoms with van der Waals surface area (Å²) in [7, 11) is -1.30. The molecule has 5 heteroatoms. The van der Waals surface area contributed by atoms with E-state index in [1.807, 2.05) is 0 Å². The summed E-state index contributed by atoms with van der Waals surface area (Å²) in [5.74, 6) is 1.26. The SMILES string of the molecule is CN(CC1CC1)S(=O)(=O)CC1CCCNC1. The molecule has 0 aromatic heterocycles. The van der Waals surface area contributed by atoms with Gasteiger partial charge in [-0.1, -0.05) is 0 Å². The maximum Gasteiger partial charge on any atom is 0.214 e. The van der Waals surface area contributed by atoms with E-state index in [1.54, 1.807) is 11.4 Å². The van der Waals surface area contributed by atoms with Gasteiger partial charge in [0.25, 0.3) is 0 Å². The minimum atomic E-state index is -3.02. The van der Waals surface area contributed by atoms with E-state index in [0.29, 0.717) is 17.6 Å². The molecule has 4 nitrogen and oxygen atoms in total. The highest BCUT2D eigenvalue weighted by Crippen LogP contribution is 2.30. The van der Waals surface area contributed by atoms with Crippen LogP contribution in [-0.2, 0) is 10.0 Å². The van der Waals surface area contributed by atoms with E-state index >= 15 is 0 Å². The van der Waals surface area contributed by atoms with Gasteiger partial charge in [0.1, 0.15) is 0 Å². The van der Waals surface area contributed by atoms with E-state index in [4.69, 9.17) is 0 Å². The summed E-state index contributed by atoms with van der Waals surface area (Å²) in [6.45, 7) is 2.62. The second kappa shape index (κ2) is 5.02. The van der Waals surface area contributed by atoms with Crippen LogP contribution in [0.3, 0.4) is 0 Å². The molecule has 2 aliphatic rings. The van der Waals surface area contributed by atoms with Gasteiger partial charge < -0.3 is 5.32 Å². The summed E-state index contributed by atoms with van der Waals surface area (Å²) in [5, 5.41) is 3.27. The molecule has 1 atom stereocenters. The van der Waals surface area contributed by atoms with Crippen molar-refractivity contribution in [2.75, 3.05) is 32.4 Å². The van der Waals surface area contributed by atoms with Gasteiger partial charge in [-0.3, -0.25) is 0 Å². The topological polar surface area (TPSA) is 49.4 Å². The van der Waals surface area contributed by atoms with Crippen molar-refractivity contribution in [2.45, 2.75) is 25.7 Å². The third-order valence-electron chi connectivity index (χ3n) is 3.53. The molecule has 2 rings (SSSR count). The Balaban J connectivity index is 1.84. The van der Waals surface area contributed by atoms with Gasteiger partial charge in [0.2, 0.25) is 10.0 Å². The standard InChI is InChI=1S/C11H22N2O2S/c1-13(8-10-4-5-10)16(14,15)9-11-3-2-6-12-7-11/h10-12H,2-9H2,1H3. The van der Waals surface area contributed by atoms with Crippen molar-refractivity contribution >= 4 is 10.0 Å². The Kier molecular flexibility index (Phi) is 3.87. The lowest BCUT2D eigenvalue weighted by atomic mass is 10.0. The molecule has 1 heterocycles. The van der Waals surface area contributed by atoms with Crippen molar-refractivity contribution in [3.8, 4) is 0 Å². The summed E-state index contributed by atoms with van der Waals surface area (Å²) >= 11 is 0. The van der Waals surface area contributed by atoms with Crippen LogP contribution in [-0.4, -0.2) is 45.2 Å². The van der Waals surface area contributed by atoms with Crippen molar-refractivity contribution in [2.24, 2.45) is 11.8 Å². The predicted octanol–water partition coefficient (Wildman–Crippen LogP) is 0.658. The van der Waals surface area contributed by atoms with Crippen molar-refractivity contribution in [3.05, 3.63) is 0 Å². The van der Waals surface area contributed by atoms with Gasteiger partial charge in [0.05, 0.1) is 5.75 Å². The zero-order valence-electron chi connectivity index (χ0n) is 9.98. The van der Waals surface area contributed by atoms with Crippen LogP contribution in [0.25, 0.3) is 0 Å². The molecule has 1 N–H and O–H groups in total. The van der Waals surface area contributed by atoms with Crippen LogP contribution in [0.2, 0.25) is 0 Å². The summed E-state index contributed by atoms with van der Waals surface area (Å²) in [6, 6.07) is 0. The summed E-state index contributed by atoms with van der Waals surface area (Å²) in [5.41, 5.74) is 0. The fourth-order valence-corrected chi connectivity index (χ4v) is 3.84. The zero-order valence-corrected chi connectivity index (χ0v) is 10.8. The molecule has 2 fully saturated rings. The number of hydrogen-bond donors (Lipinski definition) is 1. The minimum absolute atomic E-state index is 0.306. The molecule has 0 spiro atoms. The Bertz CT molecular complexity index is 319. The highest BCUT2D eigenvalue weighted by Gasteiger charge is 2.30. The normalized spacial score (nSPS) is 27.2. The Morgan fingerprint density at radius 2 is 2.00 bits per heavy atom. The average Bonchev–Trinajstić information content (AvgIpc) is 3.02. The van der Waals surface area contributed by atoms with Crippen LogP contribution in [0, 0.1) is 11.8 Å². The first-order valence-corrected chi connectivity index (χ1v) is 7.83. The third kappa shape index (κ3) is 3.43. The first-order valence-electron chi connectivity index (χ1n) is 6.22. The number of piperidine rings is 1. The molecule has 1 saturated carbocycles. The number of nitrogens with zero attached hydrogens (tertiary/aromatic N) is 1. The van der Waals surface area contributed by atoms with Crippen LogP contribution in [0.4, 0.5) is 0 Å². The van der Waals surface area contributed by atoms with Crippen molar-refractivity contribution in [1.82, 2.24) is 9.62 Å². The summed E-state index contributed by atoms with van der Waals surface area (Å²) in [6.07, 6.45) is 4.55. The molecule has 0 aromatic rings. The van der Waals surface area contributed by atoms with Crippen molar-refractivity contribution in [1.29, 1.82) is 0 Å². The quantitative estimate of drug-likeness (QED) is 0.775. The Labute approximate surface area is 98.4 Å². The number of nitrogens with one attached hydrogen (secondary N) is 1. The second-order valence-corrected chi connectivity index (χ2v) is 7.34. The van der Waals surface area contributed by atoms with E-state index in [9.17, 15) is 8.42 Å². The van der Waals surface area contributed by atoms with Crippen LogP contribution >= 0.6 is 0 Å². The minimum Gasteiger partial charge on any atom is -0.316 e. The monoisotopic (exact) mass is 246 g/mol. The average molecular weight is 246 g/mol. The van der Waals surface area contributed by atoms with E-state index in [-0.39, 0.29) is 0 Å². The van der Waals surface area contributed by atoms with Crippen LogP contribution in [0.1, 0.15) is 25.7 Å². The maximum absolute atomic E-state index is 12.1. The Morgan fingerprint density at radius 1 is 1.25 bits per heavy atom. The lowest BCUT2D eigenvalue weighted by molar-refractivity contribution is 0.389. The molecule has 1 aliphatic carbocycles. The molecule has 0 radical (unpaired) electrons. The molecule has 0 bridgehead atoms. The van der Waals surface area contributed by atoms with E-state index in [2.05, 4.69) is 5.32 Å². The van der Waals surface area contributed by atoms with E-state index in [1.165, 1.54) is 12.8 Å². The second-order valence-electron chi connectivity index (χ2n) is 5.21. The van der Waals surface area contributed by atoms with Crippen LogP contribution < -0.4 is 5.32 Å². The summed E-state index contributed by atoms with van der Waals surface area (Å²) in [4.78, 5) is 0. The lowest BCUT2D eigenvalue weighted by Gasteiger charge is -2.25. The first-order chi connectivity index (χ1) is 7.58. The molecule has 1 aliphatic heterocycles. The molecule has 0 aromatic carbocycles. The van der Waals surface area contributed by atoms with Gasteiger partial charge in [-0.25, -0.2) is 12.7 Å². The van der Waals surface area contributed by atoms with Gasteiger partial charge in [0.15, 0.2) is 0 Å². The Morgan fingerprint density at radius 3 is 2.56 bits per heavy atom. The van der Waals surface area contributed by atoms with Crippen molar-refractivity contribution in [3.63, 3.8) is 0 Å². The highest BCUT2D eigenvalue weighted by atomic mass is 32.2. The first kappa shape index (κ1) is 12.3. The molecule has 1 saturated heterocycles. The van der Waals surface area contributed by atoms with Gasteiger partial charge in [0, 0.05) is 13.6 Å². The number of hydrogen-bond acceptors (Lipinski definition) is 3. The van der Waals surface area contributed by atoms with E-state index in [0.717, 1.165) is 32.5 Å². The fraction of sp³-hybridized carbons (Fsp3) is 1.00. The summed E-state index contributed by atoms with van der Waals surface area (Å²) < 4.78 is 25.7. The van der Waals surface area contributed by atoms with Gasteiger partial charge in [-0.2, -0.15) is 0 Å². The number of sulfonamides is 1. The Hall–Kier alpha value is -0.130. The van der Waals surface area contributed by atoms with Gasteiger partial charge in [-0.05, 0) is 50.6 Å². The molecule has 16 heavy (non-hydrogen) atoms. The molecular weight excluding hydrogens is 224 g/mol. The van der Waals surface area contributed by atoms with E-state index < -0.39 is 10.0 Å². The molecule has 1 unspecified atom stereocenters. The number of rotatable bonds is 5. The third-order valence-corrected chi connectivity index (χ3v) is 5.52. The van der Waals surface area contributed by atoms with Gasteiger partial charge in [-0.15, -0.1) is 0 Å².